The van der Waals surface area contributed by atoms with Gasteiger partial charge in [-0.15, -0.1) is 10.2 Å². The van der Waals surface area contributed by atoms with Gasteiger partial charge in [0.15, 0.2) is 0 Å². The first-order valence-electron chi connectivity index (χ1n) is 6.83. The van der Waals surface area contributed by atoms with Crippen LogP contribution in [0.25, 0.3) is 0 Å². The van der Waals surface area contributed by atoms with Gasteiger partial charge in [0.1, 0.15) is 10.8 Å². The van der Waals surface area contributed by atoms with Gasteiger partial charge in [-0.2, -0.15) is 0 Å². The van der Waals surface area contributed by atoms with Crippen molar-refractivity contribution in [1.82, 2.24) is 15.5 Å². The molecule has 0 spiro atoms. The molecular formula is C14H15FN4OS. The summed E-state index contributed by atoms with van der Waals surface area (Å²) in [5.74, 6) is -0.401. The number of aromatic nitrogens is 2. The molecule has 7 heteroatoms. The quantitative estimate of drug-likeness (QED) is 0.914. The average Bonchev–Trinajstić information content (AvgIpc) is 2.97. The third-order valence-corrected chi connectivity index (χ3v) is 4.44. The number of rotatable bonds is 3. The van der Waals surface area contributed by atoms with Crippen molar-refractivity contribution in [2.75, 3.05) is 18.4 Å². The number of anilines is 1. The number of nitrogens with zero attached hydrogens (tertiary/aromatic N) is 2. The van der Waals surface area contributed by atoms with Gasteiger partial charge in [0, 0.05) is 11.5 Å². The Labute approximate surface area is 125 Å². The molecule has 0 saturated carbocycles. The molecule has 2 heterocycles. The van der Waals surface area contributed by atoms with Gasteiger partial charge in [0.05, 0.1) is 0 Å². The van der Waals surface area contributed by atoms with E-state index in [0.29, 0.717) is 11.0 Å². The minimum absolute atomic E-state index is 0.272. The van der Waals surface area contributed by atoms with E-state index in [1.807, 2.05) is 0 Å². The highest BCUT2D eigenvalue weighted by Crippen LogP contribution is 2.29. The molecule has 2 aromatic rings. The maximum absolute atomic E-state index is 13.1. The fourth-order valence-electron chi connectivity index (χ4n) is 2.32. The topological polar surface area (TPSA) is 66.9 Å². The van der Waals surface area contributed by atoms with Crippen molar-refractivity contribution in [1.29, 1.82) is 0 Å². The predicted octanol–water partition coefficient (Wildman–Crippen LogP) is 2.40. The molecule has 2 N–H and O–H groups in total. The SMILES string of the molecule is O=C(Nc1nnc(C2CCNCC2)s1)c1cccc(F)c1. The fraction of sp³-hybridized carbons (Fsp3) is 0.357. The molecule has 0 radical (unpaired) electrons. The molecule has 21 heavy (non-hydrogen) atoms. The number of nitrogens with one attached hydrogen (secondary N) is 2. The zero-order valence-corrected chi connectivity index (χ0v) is 12.1. The van der Waals surface area contributed by atoms with E-state index in [1.165, 1.54) is 29.5 Å². The molecule has 1 aromatic heterocycles. The summed E-state index contributed by atoms with van der Waals surface area (Å²) in [6.07, 6.45) is 2.07. The number of carbonyl (C=O) groups excluding carboxylic acids is 1. The average molecular weight is 306 g/mol. The summed E-state index contributed by atoms with van der Waals surface area (Å²) in [4.78, 5) is 12.0. The van der Waals surface area contributed by atoms with Crippen molar-refractivity contribution in [3.05, 3.63) is 40.7 Å². The first-order chi connectivity index (χ1) is 10.2. The summed E-state index contributed by atoms with van der Waals surface area (Å²) < 4.78 is 13.1. The molecule has 0 bridgehead atoms. The van der Waals surface area contributed by atoms with Gasteiger partial charge in [0.2, 0.25) is 5.13 Å². The van der Waals surface area contributed by atoms with Gasteiger partial charge in [0.25, 0.3) is 5.91 Å². The Morgan fingerprint density at radius 3 is 2.90 bits per heavy atom. The molecule has 0 unspecified atom stereocenters. The smallest absolute Gasteiger partial charge is 0.257 e. The van der Waals surface area contributed by atoms with Crippen LogP contribution in [0, 0.1) is 5.82 Å². The molecule has 1 aromatic carbocycles. The maximum atomic E-state index is 13.1. The summed E-state index contributed by atoms with van der Waals surface area (Å²) in [6, 6.07) is 5.57. The van der Waals surface area contributed by atoms with Crippen LogP contribution in [0.2, 0.25) is 0 Å². The van der Waals surface area contributed by atoms with Crippen LogP contribution in [0.5, 0.6) is 0 Å². The minimum Gasteiger partial charge on any atom is -0.317 e. The predicted molar refractivity (Wildman–Crippen MR) is 79.1 cm³/mol. The van der Waals surface area contributed by atoms with Gasteiger partial charge in [-0.25, -0.2) is 4.39 Å². The third kappa shape index (κ3) is 3.43. The minimum atomic E-state index is -0.435. The Bertz CT molecular complexity index is 639. The summed E-state index contributed by atoms with van der Waals surface area (Å²) in [5, 5.41) is 15.5. The summed E-state index contributed by atoms with van der Waals surface area (Å²) >= 11 is 1.39. The third-order valence-electron chi connectivity index (χ3n) is 3.44. The van der Waals surface area contributed by atoms with Gasteiger partial charge in [-0.3, -0.25) is 10.1 Å². The Hall–Kier alpha value is -1.86. The summed E-state index contributed by atoms with van der Waals surface area (Å²) in [5.41, 5.74) is 0.272. The van der Waals surface area contributed by atoms with Crippen molar-refractivity contribution in [3.8, 4) is 0 Å². The van der Waals surface area contributed by atoms with Gasteiger partial charge >= 0.3 is 0 Å². The van der Waals surface area contributed by atoms with E-state index in [2.05, 4.69) is 20.8 Å². The van der Waals surface area contributed by atoms with Crippen LogP contribution in [0.15, 0.2) is 24.3 Å². The number of piperidine rings is 1. The van der Waals surface area contributed by atoms with Crippen LogP contribution in [0.3, 0.4) is 0 Å². The first-order valence-corrected chi connectivity index (χ1v) is 7.65. The Balaban J connectivity index is 1.68. The lowest BCUT2D eigenvalue weighted by atomic mass is 9.99. The second kappa shape index (κ2) is 6.28. The molecule has 110 valence electrons. The molecular weight excluding hydrogens is 291 g/mol. The van der Waals surface area contributed by atoms with E-state index in [0.717, 1.165) is 30.9 Å². The molecule has 3 rings (SSSR count). The van der Waals surface area contributed by atoms with Gasteiger partial charge < -0.3 is 5.32 Å². The zero-order valence-electron chi connectivity index (χ0n) is 11.3. The van der Waals surface area contributed by atoms with Crippen LogP contribution in [0.4, 0.5) is 9.52 Å². The van der Waals surface area contributed by atoms with Crippen LogP contribution in [-0.2, 0) is 0 Å². The highest BCUT2D eigenvalue weighted by molar-refractivity contribution is 7.15. The van der Waals surface area contributed by atoms with Crippen molar-refractivity contribution in [3.63, 3.8) is 0 Å². The summed E-state index contributed by atoms with van der Waals surface area (Å²) in [7, 11) is 0. The highest BCUT2D eigenvalue weighted by atomic mass is 32.1. The lowest BCUT2D eigenvalue weighted by molar-refractivity contribution is 0.102. The molecule has 1 amide bonds. The second-order valence-corrected chi connectivity index (χ2v) is 5.94. The van der Waals surface area contributed by atoms with E-state index in [1.54, 1.807) is 6.07 Å². The van der Waals surface area contributed by atoms with Crippen molar-refractivity contribution < 1.29 is 9.18 Å². The van der Waals surface area contributed by atoms with Crippen LogP contribution < -0.4 is 10.6 Å². The highest BCUT2D eigenvalue weighted by Gasteiger charge is 2.20. The monoisotopic (exact) mass is 306 g/mol. The lowest BCUT2D eigenvalue weighted by Gasteiger charge is -2.19. The first kappa shape index (κ1) is 14.1. The van der Waals surface area contributed by atoms with E-state index in [-0.39, 0.29) is 11.5 Å². The molecule has 0 atom stereocenters. The molecule has 1 aliphatic heterocycles. The Morgan fingerprint density at radius 2 is 2.14 bits per heavy atom. The fourth-order valence-corrected chi connectivity index (χ4v) is 3.23. The molecule has 5 nitrogen and oxygen atoms in total. The van der Waals surface area contributed by atoms with E-state index < -0.39 is 5.82 Å². The number of amides is 1. The molecule has 0 aliphatic carbocycles. The zero-order chi connectivity index (χ0) is 14.7. The molecule has 1 aliphatic rings. The van der Waals surface area contributed by atoms with Crippen LogP contribution in [-0.4, -0.2) is 29.2 Å². The Kier molecular flexibility index (Phi) is 4.21. The van der Waals surface area contributed by atoms with Crippen LogP contribution in [0.1, 0.15) is 34.1 Å². The molecule has 1 saturated heterocycles. The van der Waals surface area contributed by atoms with Crippen LogP contribution >= 0.6 is 11.3 Å². The van der Waals surface area contributed by atoms with Crippen molar-refractivity contribution in [2.45, 2.75) is 18.8 Å². The Morgan fingerprint density at radius 1 is 1.33 bits per heavy atom. The van der Waals surface area contributed by atoms with E-state index in [9.17, 15) is 9.18 Å². The van der Waals surface area contributed by atoms with Gasteiger partial charge in [-0.05, 0) is 44.1 Å². The number of halogens is 1. The van der Waals surface area contributed by atoms with Gasteiger partial charge in [-0.1, -0.05) is 17.4 Å². The lowest BCUT2D eigenvalue weighted by Crippen LogP contribution is -2.26. The van der Waals surface area contributed by atoms with E-state index >= 15 is 0 Å². The normalized spacial score (nSPS) is 15.9. The number of hydrogen-bond acceptors (Lipinski definition) is 5. The summed E-state index contributed by atoms with van der Waals surface area (Å²) in [6.45, 7) is 1.96. The molecule has 1 fully saturated rings. The van der Waals surface area contributed by atoms with E-state index in [4.69, 9.17) is 0 Å². The van der Waals surface area contributed by atoms with Crippen molar-refractivity contribution in [2.24, 2.45) is 0 Å². The number of benzene rings is 1. The largest absolute Gasteiger partial charge is 0.317 e. The number of hydrogen-bond donors (Lipinski definition) is 2. The standard InChI is InChI=1S/C14H15FN4OS/c15-11-3-1-2-10(8-11)12(20)17-14-19-18-13(21-14)9-4-6-16-7-5-9/h1-3,8-9,16H,4-7H2,(H,17,19,20). The second-order valence-electron chi connectivity index (χ2n) is 4.93. The number of carbonyl (C=O) groups is 1. The maximum Gasteiger partial charge on any atom is 0.257 e. The van der Waals surface area contributed by atoms with Crippen molar-refractivity contribution >= 4 is 22.4 Å².